The Balaban J connectivity index is 1.16. The highest BCUT2D eigenvalue weighted by molar-refractivity contribution is 7.93. The zero-order chi connectivity index (χ0) is 30.5. The lowest BCUT2D eigenvalue weighted by Crippen LogP contribution is -2.46. The van der Waals surface area contributed by atoms with Crippen molar-refractivity contribution in [3.05, 3.63) is 88.2 Å². The molecule has 0 radical (unpaired) electrons. The number of rotatable bonds is 6. The van der Waals surface area contributed by atoms with Crippen molar-refractivity contribution in [1.82, 2.24) is 9.80 Å². The number of methoxy groups -OCH3 is 1. The first-order valence-electron chi connectivity index (χ1n) is 14.7. The van der Waals surface area contributed by atoms with Gasteiger partial charge in [-0.3, -0.25) is 13.9 Å². The first kappa shape index (κ1) is 29.2. The monoisotopic (exact) mass is 605 g/mol. The maximum absolute atomic E-state index is 13.9. The molecule has 2 fully saturated rings. The molecule has 0 bridgehead atoms. The third-order valence-corrected chi connectivity index (χ3v) is 11.4. The van der Waals surface area contributed by atoms with Crippen molar-refractivity contribution in [1.29, 1.82) is 0 Å². The number of carbonyl (C=O) groups is 2. The summed E-state index contributed by atoms with van der Waals surface area (Å²) in [5.74, 6) is 0.246. The van der Waals surface area contributed by atoms with Gasteiger partial charge in [0.15, 0.2) is 0 Å². The molecule has 3 aromatic rings. The number of hydrogen-bond acceptors (Lipinski definition) is 5. The lowest BCUT2D eigenvalue weighted by atomic mass is 9.77. The molecule has 0 N–H and O–H groups in total. The number of amides is 2. The van der Waals surface area contributed by atoms with Crippen LogP contribution in [0.1, 0.15) is 51.9 Å². The quantitative estimate of drug-likeness (QED) is 0.401. The van der Waals surface area contributed by atoms with Crippen molar-refractivity contribution >= 4 is 27.5 Å². The fourth-order valence-electron chi connectivity index (χ4n) is 6.92. The third kappa shape index (κ3) is 5.15. The maximum atomic E-state index is 13.9. The number of piperidine rings is 1. The first-order valence-corrected chi connectivity index (χ1v) is 16.1. The minimum absolute atomic E-state index is 0.103. The largest absolute Gasteiger partial charge is 0.497 e. The van der Waals surface area contributed by atoms with E-state index in [1.54, 1.807) is 62.3 Å². The number of halogens is 1. The second-order valence-corrected chi connectivity index (χ2v) is 13.7. The number of fused-ring (bicyclic) bond motifs is 1. The molecule has 3 heterocycles. The molecule has 3 aromatic carbocycles. The molecule has 10 heteroatoms. The van der Waals surface area contributed by atoms with Crippen LogP contribution < -0.4 is 9.04 Å². The Bertz CT molecular complexity index is 1670. The van der Waals surface area contributed by atoms with E-state index in [2.05, 4.69) is 0 Å². The van der Waals surface area contributed by atoms with Crippen molar-refractivity contribution in [2.45, 2.75) is 51.0 Å². The van der Waals surface area contributed by atoms with Crippen LogP contribution in [-0.4, -0.2) is 63.3 Å². The average molecular weight is 606 g/mol. The Kier molecular flexibility index (Phi) is 7.44. The third-order valence-electron chi connectivity index (χ3n) is 9.30. The van der Waals surface area contributed by atoms with Gasteiger partial charge in [-0.25, -0.2) is 12.8 Å². The summed E-state index contributed by atoms with van der Waals surface area (Å²) in [5, 5.41) is 0. The van der Waals surface area contributed by atoms with Gasteiger partial charge in [-0.05, 0) is 98.2 Å². The molecular weight excluding hydrogens is 569 g/mol. The Morgan fingerprint density at radius 1 is 0.930 bits per heavy atom. The van der Waals surface area contributed by atoms with Gasteiger partial charge in [-0.1, -0.05) is 18.2 Å². The molecule has 226 valence electrons. The summed E-state index contributed by atoms with van der Waals surface area (Å²) < 4.78 is 47.8. The number of aryl methyl sites for hydroxylation is 2. The molecule has 8 nitrogen and oxygen atoms in total. The normalized spacial score (nSPS) is 18.0. The first-order chi connectivity index (χ1) is 20.5. The van der Waals surface area contributed by atoms with Crippen LogP contribution in [-0.2, 0) is 27.8 Å². The average Bonchev–Trinajstić information content (AvgIpc) is 3.55. The van der Waals surface area contributed by atoms with Gasteiger partial charge in [0, 0.05) is 38.3 Å². The standard InChI is InChI=1S/C33H36FN3O5S/c1-22-18-28(42-3)19-23(2)30(22)43(40,41)37-14-10-25-6-7-26(20-29(25)37)31(38)35-15-11-33(12-16-35)13-17-36(32(33)39)21-24-4-8-27(34)9-5-24/h4-9,18-20H,10-17,21H2,1-3H3. The lowest BCUT2D eigenvalue weighted by molar-refractivity contribution is -0.138. The van der Waals surface area contributed by atoms with Crippen molar-refractivity contribution in [3.63, 3.8) is 0 Å². The number of hydrogen-bond donors (Lipinski definition) is 0. The molecule has 1 spiro atoms. The summed E-state index contributed by atoms with van der Waals surface area (Å²) in [5.41, 5.74) is 3.50. The van der Waals surface area contributed by atoms with Crippen LogP contribution >= 0.6 is 0 Å². The highest BCUT2D eigenvalue weighted by Gasteiger charge is 2.48. The SMILES string of the molecule is COc1cc(C)c(S(=O)(=O)N2CCc3ccc(C(=O)N4CCC5(CC4)CCN(Cc4ccc(F)cc4)C5=O)cc32)c(C)c1. The minimum atomic E-state index is -3.87. The molecule has 0 saturated carbocycles. The molecule has 0 aromatic heterocycles. The Morgan fingerprint density at radius 2 is 1.58 bits per heavy atom. The molecule has 0 atom stereocenters. The second kappa shape index (κ2) is 11.0. The van der Waals surface area contributed by atoms with Gasteiger partial charge in [0.25, 0.3) is 15.9 Å². The summed E-state index contributed by atoms with van der Waals surface area (Å²) in [6.07, 6.45) is 2.48. The van der Waals surface area contributed by atoms with E-state index in [1.807, 2.05) is 11.0 Å². The maximum Gasteiger partial charge on any atom is 0.264 e. The van der Waals surface area contributed by atoms with Crippen LogP contribution in [0.2, 0.25) is 0 Å². The van der Waals surface area contributed by atoms with E-state index < -0.39 is 15.4 Å². The highest BCUT2D eigenvalue weighted by atomic mass is 32.2. The molecule has 6 rings (SSSR count). The fourth-order valence-corrected chi connectivity index (χ4v) is 8.83. The van der Waals surface area contributed by atoms with Crippen molar-refractivity contribution < 1.29 is 27.1 Å². The summed E-state index contributed by atoms with van der Waals surface area (Å²) >= 11 is 0. The lowest BCUT2D eigenvalue weighted by Gasteiger charge is -2.38. The topological polar surface area (TPSA) is 87.2 Å². The highest BCUT2D eigenvalue weighted by Crippen LogP contribution is 2.43. The van der Waals surface area contributed by atoms with E-state index in [4.69, 9.17) is 4.74 Å². The Morgan fingerprint density at radius 3 is 2.23 bits per heavy atom. The van der Waals surface area contributed by atoms with E-state index in [0.29, 0.717) is 80.1 Å². The van der Waals surface area contributed by atoms with Gasteiger partial charge in [-0.2, -0.15) is 0 Å². The van der Waals surface area contributed by atoms with E-state index in [-0.39, 0.29) is 22.5 Å². The molecule has 0 aliphatic carbocycles. The van der Waals surface area contributed by atoms with Crippen molar-refractivity contribution in [3.8, 4) is 5.75 Å². The Labute approximate surface area is 252 Å². The molecule has 2 saturated heterocycles. The zero-order valence-electron chi connectivity index (χ0n) is 24.7. The van der Waals surface area contributed by atoms with Crippen LogP contribution in [0.3, 0.4) is 0 Å². The van der Waals surface area contributed by atoms with Crippen LogP contribution in [0.15, 0.2) is 59.5 Å². The molecule has 0 unspecified atom stereocenters. The van der Waals surface area contributed by atoms with Crippen LogP contribution in [0.25, 0.3) is 0 Å². The van der Waals surface area contributed by atoms with Crippen LogP contribution in [0, 0.1) is 25.1 Å². The van der Waals surface area contributed by atoms with E-state index in [9.17, 15) is 22.4 Å². The summed E-state index contributed by atoms with van der Waals surface area (Å²) in [6, 6.07) is 15.0. The fraction of sp³-hybridized carbons (Fsp3) is 0.394. The van der Waals surface area contributed by atoms with Gasteiger partial charge in [0.1, 0.15) is 11.6 Å². The Hall–Kier alpha value is -3.92. The summed E-state index contributed by atoms with van der Waals surface area (Å²) in [6.45, 7) is 5.85. The predicted molar refractivity (Wildman–Crippen MR) is 161 cm³/mol. The van der Waals surface area contributed by atoms with Gasteiger partial charge >= 0.3 is 0 Å². The van der Waals surface area contributed by atoms with Crippen LogP contribution in [0.5, 0.6) is 5.75 Å². The van der Waals surface area contributed by atoms with Gasteiger partial charge in [0.2, 0.25) is 5.91 Å². The van der Waals surface area contributed by atoms with Gasteiger partial charge < -0.3 is 14.5 Å². The molecular formula is C33H36FN3O5S. The zero-order valence-corrected chi connectivity index (χ0v) is 25.5. The van der Waals surface area contributed by atoms with E-state index in [1.165, 1.54) is 16.4 Å². The van der Waals surface area contributed by atoms with Crippen molar-refractivity contribution in [2.24, 2.45) is 5.41 Å². The molecule has 2 amide bonds. The minimum Gasteiger partial charge on any atom is -0.497 e. The number of ether oxygens (including phenoxy) is 1. The second-order valence-electron chi connectivity index (χ2n) is 11.9. The summed E-state index contributed by atoms with van der Waals surface area (Å²) in [7, 11) is -2.31. The summed E-state index contributed by atoms with van der Waals surface area (Å²) in [4.78, 5) is 30.9. The molecule has 3 aliphatic heterocycles. The smallest absolute Gasteiger partial charge is 0.264 e. The van der Waals surface area contributed by atoms with Gasteiger partial charge in [0.05, 0.1) is 23.1 Å². The predicted octanol–water partition coefficient (Wildman–Crippen LogP) is 4.86. The number of carbonyl (C=O) groups excluding carboxylic acids is 2. The number of anilines is 1. The number of benzene rings is 3. The van der Waals surface area contributed by atoms with E-state index in [0.717, 1.165) is 17.5 Å². The molecule has 3 aliphatic rings. The number of nitrogens with zero attached hydrogens (tertiary/aromatic N) is 3. The van der Waals surface area contributed by atoms with Crippen LogP contribution in [0.4, 0.5) is 10.1 Å². The number of sulfonamides is 1. The van der Waals surface area contributed by atoms with Gasteiger partial charge in [-0.15, -0.1) is 0 Å². The van der Waals surface area contributed by atoms with E-state index >= 15 is 0 Å². The van der Waals surface area contributed by atoms with Crippen molar-refractivity contribution in [2.75, 3.05) is 37.6 Å². The molecule has 43 heavy (non-hydrogen) atoms. The number of likely N-dealkylation sites (tertiary alicyclic amines) is 2.